The fourth-order valence-electron chi connectivity index (χ4n) is 3.48. The maximum atomic E-state index is 12.8. The zero-order chi connectivity index (χ0) is 15.2. The number of hydrogen-bond donors (Lipinski definition) is 0. The van der Waals surface area contributed by atoms with E-state index in [0.29, 0.717) is 0 Å². The maximum Gasteiger partial charge on any atom is 0.255 e. The van der Waals surface area contributed by atoms with Crippen molar-refractivity contribution in [2.45, 2.75) is 11.3 Å². The third-order valence-electron chi connectivity index (χ3n) is 4.45. The molecule has 1 fully saturated rings. The number of methoxy groups -OCH3 is 1. The normalized spacial score (nSPS) is 23.1. The van der Waals surface area contributed by atoms with Crippen molar-refractivity contribution in [2.75, 3.05) is 19.4 Å². The van der Waals surface area contributed by atoms with E-state index in [0.717, 1.165) is 41.2 Å². The van der Waals surface area contributed by atoms with Crippen LogP contribution in [0.2, 0.25) is 0 Å². The second kappa shape index (κ2) is 5.06. The molecule has 0 radical (unpaired) electrons. The number of ether oxygens (including phenoxy) is 1. The third-order valence-corrected chi connectivity index (χ3v) is 6.03. The predicted octanol–water partition coefficient (Wildman–Crippen LogP) is 3.49. The minimum atomic E-state index is -0.402. The lowest BCUT2D eigenvalue weighted by Crippen LogP contribution is -2.46. The molecule has 0 N–H and O–H groups in total. The summed E-state index contributed by atoms with van der Waals surface area (Å²) in [7, 11) is 1.68. The van der Waals surface area contributed by atoms with Gasteiger partial charge in [0.15, 0.2) is 0 Å². The number of thioether (sulfide) groups is 1. The van der Waals surface area contributed by atoms with Crippen LogP contribution < -0.4 is 4.74 Å². The summed E-state index contributed by atoms with van der Waals surface area (Å²) in [6.45, 7) is 0.803. The summed E-state index contributed by atoms with van der Waals surface area (Å²) in [6.07, 6.45) is 1.04. The Hall–Kier alpha value is -1.94. The van der Waals surface area contributed by atoms with Gasteiger partial charge >= 0.3 is 0 Å². The molecule has 22 heavy (non-hydrogen) atoms. The molecule has 0 aliphatic carbocycles. The Balaban J connectivity index is 1.97. The first kappa shape index (κ1) is 13.7. The molecule has 1 saturated heterocycles. The summed E-state index contributed by atoms with van der Waals surface area (Å²) in [4.78, 5) is 14.5. The first-order valence-corrected chi connectivity index (χ1v) is 8.46. The monoisotopic (exact) mass is 311 g/mol. The van der Waals surface area contributed by atoms with Crippen LogP contribution in [0.25, 0.3) is 0 Å². The molecule has 0 aromatic heterocycles. The molecule has 1 atom stereocenters. The fraction of sp³-hybridized carbons (Fsp3) is 0.278. The van der Waals surface area contributed by atoms with Crippen molar-refractivity contribution in [3.05, 3.63) is 65.2 Å². The van der Waals surface area contributed by atoms with Crippen molar-refractivity contribution >= 4 is 17.7 Å². The van der Waals surface area contributed by atoms with Gasteiger partial charge in [-0.25, -0.2) is 0 Å². The van der Waals surface area contributed by atoms with Crippen LogP contribution >= 0.6 is 11.8 Å². The molecule has 4 rings (SSSR count). The molecule has 0 bridgehead atoms. The molecule has 1 unspecified atom stereocenters. The van der Waals surface area contributed by atoms with Crippen molar-refractivity contribution in [2.24, 2.45) is 0 Å². The van der Waals surface area contributed by atoms with E-state index >= 15 is 0 Å². The zero-order valence-electron chi connectivity index (χ0n) is 12.4. The molecule has 2 aliphatic heterocycles. The number of carbonyl (C=O) groups excluding carboxylic acids is 1. The van der Waals surface area contributed by atoms with E-state index in [1.807, 2.05) is 47.0 Å². The first-order valence-electron chi connectivity index (χ1n) is 7.47. The van der Waals surface area contributed by atoms with E-state index in [4.69, 9.17) is 4.74 Å². The van der Waals surface area contributed by atoms with Crippen LogP contribution in [0, 0.1) is 0 Å². The molecule has 0 spiro atoms. The van der Waals surface area contributed by atoms with Crippen LogP contribution in [0.15, 0.2) is 48.5 Å². The zero-order valence-corrected chi connectivity index (χ0v) is 13.2. The number of rotatable bonds is 2. The molecule has 0 saturated carbocycles. The molecule has 112 valence electrons. The third kappa shape index (κ3) is 1.73. The van der Waals surface area contributed by atoms with Crippen LogP contribution in [0.1, 0.15) is 27.9 Å². The summed E-state index contributed by atoms with van der Waals surface area (Å²) in [5, 5.41) is 0. The molecule has 2 aliphatic rings. The summed E-state index contributed by atoms with van der Waals surface area (Å²) in [5.41, 5.74) is 3.06. The van der Waals surface area contributed by atoms with Crippen molar-refractivity contribution in [3.8, 4) is 5.75 Å². The second-order valence-corrected chi connectivity index (χ2v) is 6.87. The van der Waals surface area contributed by atoms with Crippen LogP contribution in [-0.4, -0.2) is 30.2 Å². The van der Waals surface area contributed by atoms with Crippen molar-refractivity contribution < 1.29 is 9.53 Å². The highest BCUT2D eigenvalue weighted by atomic mass is 32.2. The van der Waals surface area contributed by atoms with Gasteiger partial charge in [0.1, 0.15) is 10.6 Å². The highest BCUT2D eigenvalue weighted by Gasteiger charge is 2.52. The molecule has 2 aromatic carbocycles. The van der Waals surface area contributed by atoms with Crippen molar-refractivity contribution in [1.29, 1.82) is 0 Å². The summed E-state index contributed by atoms with van der Waals surface area (Å²) in [6, 6.07) is 16.1. The lowest BCUT2D eigenvalue weighted by Gasteiger charge is -2.42. The summed E-state index contributed by atoms with van der Waals surface area (Å²) >= 11 is 1.85. The Kier molecular flexibility index (Phi) is 3.15. The van der Waals surface area contributed by atoms with Gasteiger partial charge in [0, 0.05) is 17.7 Å². The van der Waals surface area contributed by atoms with Gasteiger partial charge in [0.2, 0.25) is 0 Å². The smallest absolute Gasteiger partial charge is 0.255 e. The number of benzene rings is 2. The van der Waals surface area contributed by atoms with Crippen molar-refractivity contribution in [1.82, 2.24) is 4.90 Å². The van der Waals surface area contributed by atoms with Crippen LogP contribution in [0.3, 0.4) is 0 Å². The Bertz CT molecular complexity index is 745. The minimum Gasteiger partial charge on any atom is -0.497 e. The van der Waals surface area contributed by atoms with Crippen LogP contribution in [0.5, 0.6) is 5.75 Å². The SMILES string of the molecule is COc1cccc(C23SCCCN2C(=O)c2ccccc23)c1. The highest BCUT2D eigenvalue weighted by Crippen LogP contribution is 2.54. The fourth-order valence-corrected chi connectivity index (χ4v) is 5.01. The van der Waals surface area contributed by atoms with E-state index in [-0.39, 0.29) is 5.91 Å². The van der Waals surface area contributed by atoms with Gasteiger partial charge in [0.05, 0.1) is 7.11 Å². The van der Waals surface area contributed by atoms with Gasteiger partial charge in [-0.3, -0.25) is 4.79 Å². The summed E-state index contributed by atoms with van der Waals surface area (Å²) in [5.74, 6) is 2.02. The Morgan fingerprint density at radius 1 is 1.18 bits per heavy atom. The lowest BCUT2D eigenvalue weighted by molar-refractivity contribution is 0.0716. The first-order chi connectivity index (χ1) is 10.8. The van der Waals surface area contributed by atoms with E-state index in [9.17, 15) is 4.79 Å². The molecule has 4 heteroatoms. The topological polar surface area (TPSA) is 29.5 Å². The van der Waals surface area contributed by atoms with E-state index < -0.39 is 4.87 Å². The van der Waals surface area contributed by atoms with E-state index in [2.05, 4.69) is 18.2 Å². The average Bonchev–Trinajstić information content (AvgIpc) is 2.86. The van der Waals surface area contributed by atoms with E-state index in [1.54, 1.807) is 7.11 Å². The molecular weight excluding hydrogens is 294 g/mol. The number of hydrogen-bond acceptors (Lipinski definition) is 3. The molecule has 3 nitrogen and oxygen atoms in total. The van der Waals surface area contributed by atoms with Gasteiger partial charge in [-0.15, -0.1) is 11.8 Å². The van der Waals surface area contributed by atoms with E-state index in [1.165, 1.54) is 0 Å². The Morgan fingerprint density at radius 2 is 2.05 bits per heavy atom. The van der Waals surface area contributed by atoms with Gasteiger partial charge < -0.3 is 9.64 Å². The Morgan fingerprint density at radius 3 is 2.91 bits per heavy atom. The number of nitrogens with zero attached hydrogens (tertiary/aromatic N) is 1. The van der Waals surface area contributed by atoms with Crippen LogP contribution in [0.4, 0.5) is 0 Å². The largest absolute Gasteiger partial charge is 0.497 e. The lowest BCUT2D eigenvalue weighted by atomic mass is 9.96. The van der Waals surface area contributed by atoms with Crippen molar-refractivity contribution in [3.63, 3.8) is 0 Å². The molecular formula is C18H17NO2S. The molecule has 2 heterocycles. The van der Waals surface area contributed by atoms with Gasteiger partial charge in [-0.1, -0.05) is 30.3 Å². The summed E-state index contributed by atoms with van der Waals surface area (Å²) < 4.78 is 5.39. The number of carbonyl (C=O) groups is 1. The number of amides is 1. The number of fused-ring (bicyclic) bond motifs is 3. The minimum absolute atomic E-state index is 0.144. The standard InChI is InChI=1S/C18H17NO2S/c1-21-14-7-4-6-13(12-14)18-16-9-3-2-8-15(16)17(20)19(18)10-5-11-22-18/h2-4,6-9,12H,5,10-11H2,1H3. The maximum absolute atomic E-state index is 12.8. The average molecular weight is 311 g/mol. The molecule has 1 amide bonds. The predicted molar refractivity (Wildman–Crippen MR) is 88.3 cm³/mol. The van der Waals surface area contributed by atoms with Gasteiger partial charge in [-0.2, -0.15) is 0 Å². The van der Waals surface area contributed by atoms with Gasteiger partial charge in [0.25, 0.3) is 5.91 Å². The van der Waals surface area contributed by atoms with Crippen LogP contribution in [-0.2, 0) is 4.87 Å². The quantitative estimate of drug-likeness (QED) is 0.850. The highest BCUT2D eigenvalue weighted by molar-refractivity contribution is 8.00. The van der Waals surface area contributed by atoms with Gasteiger partial charge in [-0.05, 0) is 35.9 Å². The Labute approximate surface area is 134 Å². The second-order valence-electron chi connectivity index (χ2n) is 5.58. The molecule has 2 aromatic rings.